The molecule has 0 unspecified atom stereocenters. The maximum atomic E-state index is 13.0. The van der Waals surface area contributed by atoms with Crippen LogP contribution in [0.5, 0.6) is 0 Å². The third-order valence-corrected chi connectivity index (χ3v) is 7.14. The maximum absolute atomic E-state index is 13.0. The van der Waals surface area contributed by atoms with Crippen LogP contribution in [0.1, 0.15) is 34.8 Å². The van der Waals surface area contributed by atoms with Crippen LogP contribution in [-0.4, -0.2) is 58.6 Å². The number of aromatic nitrogens is 2. The van der Waals surface area contributed by atoms with Crippen LogP contribution < -0.4 is 0 Å². The third kappa shape index (κ3) is 3.10. The van der Waals surface area contributed by atoms with Crippen LogP contribution in [0.2, 0.25) is 0 Å². The highest BCUT2D eigenvalue weighted by Crippen LogP contribution is 2.32. The highest BCUT2D eigenvalue weighted by atomic mass is 32.2. The summed E-state index contributed by atoms with van der Waals surface area (Å²) in [5, 5.41) is 0. The molecule has 2 aliphatic rings. The van der Waals surface area contributed by atoms with E-state index < -0.39 is 41.0 Å². The van der Waals surface area contributed by atoms with Crippen LogP contribution in [0, 0.1) is 6.92 Å². The number of halogens is 2. The van der Waals surface area contributed by atoms with Crippen molar-refractivity contribution in [1.29, 1.82) is 0 Å². The van der Waals surface area contributed by atoms with Gasteiger partial charge in [0.15, 0.2) is 0 Å². The zero-order valence-corrected chi connectivity index (χ0v) is 16.3. The molecule has 28 heavy (non-hydrogen) atoms. The number of hydrogen-bond acceptors (Lipinski definition) is 4. The van der Waals surface area contributed by atoms with Crippen molar-refractivity contribution in [3.63, 3.8) is 0 Å². The largest absolute Gasteiger partial charge is 0.331 e. The second-order valence-corrected chi connectivity index (χ2v) is 9.19. The number of rotatable bonds is 3. The number of alkyl halides is 2. The van der Waals surface area contributed by atoms with E-state index in [1.807, 2.05) is 6.92 Å². The van der Waals surface area contributed by atoms with E-state index in [4.69, 9.17) is 0 Å². The van der Waals surface area contributed by atoms with E-state index >= 15 is 0 Å². The molecule has 0 radical (unpaired) electrons. The summed E-state index contributed by atoms with van der Waals surface area (Å²) in [6, 6.07) is 6.03. The first-order valence-corrected chi connectivity index (χ1v) is 10.4. The fourth-order valence-corrected chi connectivity index (χ4v) is 5.15. The van der Waals surface area contributed by atoms with Gasteiger partial charge in [0.2, 0.25) is 10.0 Å². The molecule has 1 aromatic carbocycles. The Morgan fingerprint density at radius 1 is 1.18 bits per heavy atom. The number of aryl methyl sites for hydroxylation is 1. The number of fused-ring (bicyclic) bond motifs is 1. The lowest BCUT2D eigenvalue weighted by atomic mass is 10.1. The molecule has 1 amide bonds. The number of carbonyl (C=O) groups is 1. The Bertz CT molecular complexity index is 1030. The molecular weight excluding hydrogens is 390 g/mol. The lowest BCUT2D eigenvalue weighted by molar-refractivity contribution is -0.113. The van der Waals surface area contributed by atoms with Gasteiger partial charge in [-0.05, 0) is 26.0 Å². The van der Waals surface area contributed by atoms with E-state index in [0.717, 1.165) is 10.5 Å². The Labute approximate surface area is 161 Å². The van der Waals surface area contributed by atoms with Gasteiger partial charge in [-0.3, -0.25) is 4.79 Å². The minimum Gasteiger partial charge on any atom is -0.331 e. The van der Waals surface area contributed by atoms with Gasteiger partial charge in [-0.15, -0.1) is 0 Å². The quantitative estimate of drug-likeness (QED) is 0.776. The molecule has 7 nitrogen and oxygen atoms in total. The van der Waals surface area contributed by atoms with Crippen molar-refractivity contribution in [2.24, 2.45) is 0 Å². The van der Waals surface area contributed by atoms with Gasteiger partial charge >= 0.3 is 0 Å². The molecule has 2 aliphatic heterocycles. The summed E-state index contributed by atoms with van der Waals surface area (Å²) in [5.41, 5.74) is 1.02. The van der Waals surface area contributed by atoms with Gasteiger partial charge < -0.3 is 9.47 Å². The van der Waals surface area contributed by atoms with Crippen molar-refractivity contribution in [2.45, 2.75) is 37.3 Å². The predicted molar refractivity (Wildman–Crippen MR) is 96.6 cm³/mol. The first-order chi connectivity index (χ1) is 13.1. The zero-order valence-electron chi connectivity index (χ0n) is 15.5. The number of likely N-dealkylation sites (tertiary alicyclic amines) is 1. The highest BCUT2D eigenvalue weighted by Gasteiger charge is 2.47. The van der Waals surface area contributed by atoms with E-state index in [2.05, 4.69) is 4.98 Å². The van der Waals surface area contributed by atoms with Crippen molar-refractivity contribution in [1.82, 2.24) is 18.8 Å². The van der Waals surface area contributed by atoms with E-state index in [1.165, 1.54) is 10.5 Å². The smallest absolute Gasteiger partial charge is 0.282 e. The molecule has 1 aromatic heterocycles. The molecule has 3 heterocycles. The molecule has 1 fully saturated rings. The second-order valence-electron chi connectivity index (χ2n) is 7.30. The fourth-order valence-electron chi connectivity index (χ4n) is 3.57. The van der Waals surface area contributed by atoms with Crippen LogP contribution >= 0.6 is 0 Å². The van der Waals surface area contributed by atoms with Gasteiger partial charge in [0.05, 0.1) is 24.0 Å². The van der Waals surface area contributed by atoms with E-state index in [9.17, 15) is 22.0 Å². The Hall–Kier alpha value is -2.33. The number of nitrogens with zero attached hydrogens (tertiary/aromatic N) is 4. The average molecular weight is 410 g/mol. The number of benzene rings is 1. The molecule has 0 spiro atoms. The van der Waals surface area contributed by atoms with Crippen molar-refractivity contribution in [3.05, 3.63) is 47.5 Å². The van der Waals surface area contributed by atoms with Gasteiger partial charge in [0, 0.05) is 19.3 Å². The SMILES string of the molecule is Cc1ccc(S(=O)(=O)N2CCn3cc(C(=O)N4CC(F)(F)C4)nc3[C@H]2C)cc1. The van der Waals surface area contributed by atoms with Crippen LogP contribution in [0.25, 0.3) is 0 Å². The van der Waals surface area contributed by atoms with Gasteiger partial charge in [0.1, 0.15) is 11.5 Å². The topological polar surface area (TPSA) is 75.5 Å². The molecular formula is C18H20F2N4O3S. The predicted octanol–water partition coefficient (Wildman–Crippen LogP) is 2.05. The first-order valence-electron chi connectivity index (χ1n) is 8.91. The lowest BCUT2D eigenvalue weighted by Gasteiger charge is -2.38. The van der Waals surface area contributed by atoms with Gasteiger partial charge in [-0.1, -0.05) is 17.7 Å². The van der Waals surface area contributed by atoms with Crippen molar-refractivity contribution in [3.8, 4) is 0 Å². The summed E-state index contributed by atoms with van der Waals surface area (Å²) in [5.74, 6) is -2.98. The van der Waals surface area contributed by atoms with Crippen molar-refractivity contribution >= 4 is 15.9 Å². The molecule has 150 valence electrons. The van der Waals surface area contributed by atoms with Crippen LogP contribution in [-0.2, 0) is 16.6 Å². The van der Waals surface area contributed by atoms with Crippen molar-refractivity contribution < 1.29 is 22.0 Å². The third-order valence-electron chi connectivity index (χ3n) is 5.15. The summed E-state index contributed by atoms with van der Waals surface area (Å²) in [6.07, 6.45) is 1.51. The number of imidazole rings is 1. The minimum atomic E-state index is -3.72. The van der Waals surface area contributed by atoms with Gasteiger partial charge in [-0.2, -0.15) is 4.31 Å². The Kier molecular flexibility index (Phi) is 4.31. The van der Waals surface area contributed by atoms with E-state index in [-0.39, 0.29) is 17.1 Å². The van der Waals surface area contributed by atoms with Crippen LogP contribution in [0.15, 0.2) is 35.4 Å². The summed E-state index contributed by atoms with van der Waals surface area (Å²) >= 11 is 0. The maximum Gasteiger partial charge on any atom is 0.282 e. The summed E-state index contributed by atoms with van der Waals surface area (Å²) in [7, 11) is -3.72. The molecule has 0 bridgehead atoms. The normalized spacial score (nSPS) is 21.9. The zero-order chi connectivity index (χ0) is 20.3. The van der Waals surface area contributed by atoms with Crippen LogP contribution in [0.4, 0.5) is 8.78 Å². The van der Waals surface area contributed by atoms with E-state index in [1.54, 1.807) is 35.8 Å². The molecule has 0 N–H and O–H groups in total. The summed E-state index contributed by atoms with van der Waals surface area (Å²) in [6.45, 7) is 2.92. The van der Waals surface area contributed by atoms with E-state index in [0.29, 0.717) is 12.4 Å². The molecule has 1 saturated heterocycles. The lowest BCUT2D eigenvalue weighted by Crippen LogP contribution is -2.58. The number of carbonyl (C=O) groups excluding carboxylic acids is 1. The average Bonchev–Trinajstić information content (AvgIpc) is 3.04. The van der Waals surface area contributed by atoms with Crippen molar-refractivity contribution in [2.75, 3.05) is 19.6 Å². The molecule has 2 aromatic rings. The summed E-state index contributed by atoms with van der Waals surface area (Å²) in [4.78, 5) is 17.9. The first kappa shape index (κ1) is 19.0. The molecule has 4 rings (SSSR count). The summed E-state index contributed by atoms with van der Waals surface area (Å²) < 4.78 is 55.2. The fraction of sp³-hybridized carbons (Fsp3) is 0.444. The molecule has 1 atom stereocenters. The van der Waals surface area contributed by atoms with Gasteiger partial charge in [0.25, 0.3) is 11.8 Å². The Morgan fingerprint density at radius 3 is 2.43 bits per heavy atom. The van der Waals surface area contributed by atoms with Gasteiger partial charge in [-0.25, -0.2) is 22.2 Å². The Morgan fingerprint density at radius 2 is 1.82 bits per heavy atom. The second kappa shape index (κ2) is 6.35. The highest BCUT2D eigenvalue weighted by molar-refractivity contribution is 7.89. The van der Waals surface area contributed by atoms with Crippen LogP contribution in [0.3, 0.4) is 0 Å². The number of sulfonamides is 1. The number of amides is 1. The molecule has 0 aliphatic carbocycles. The monoisotopic (exact) mass is 410 g/mol. The molecule has 10 heteroatoms. The Balaban J connectivity index is 1.59. The standard InChI is InChI=1S/C18H20F2N4O3S/c1-12-3-5-14(6-4-12)28(26,27)24-8-7-22-9-15(21-16(22)13(24)2)17(25)23-10-18(19,20)11-23/h3-6,9,13H,7-8,10-11H2,1-2H3/t13-/m1/s1. The molecule has 0 saturated carbocycles. The number of hydrogen-bond donors (Lipinski definition) is 0. The minimum absolute atomic E-state index is 0.0620.